The van der Waals surface area contributed by atoms with Gasteiger partial charge in [0.1, 0.15) is 0 Å². The van der Waals surface area contributed by atoms with Gasteiger partial charge in [-0.2, -0.15) is 0 Å². The Hall–Kier alpha value is -1.03. The van der Waals surface area contributed by atoms with E-state index in [0.717, 1.165) is 0 Å². The Kier molecular flexibility index (Phi) is 4.50. The number of rotatable bonds is 3. The average molecular weight is 359 g/mol. The Morgan fingerprint density at radius 3 is 2.68 bits per heavy atom. The number of benzene rings is 2. The van der Waals surface area contributed by atoms with E-state index in [4.69, 9.17) is 28.9 Å². The minimum absolute atomic E-state index is 0.0664. The summed E-state index contributed by atoms with van der Waals surface area (Å²) in [5, 5.41) is 0.858. The molecule has 0 heterocycles. The van der Waals surface area contributed by atoms with Gasteiger partial charge in [-0.3, -0.25) is 4.79 Å². The van der Waals surface area contributed by atoms with Crippen molar-refractivity contribution in [3.05, 3.63) is 62.0 Å². The molecule has 2 aromatic rings. The summed E-state index contributed by atoms with van der Waals surface area (Å²) in [6.07, 6.45) is 0.182. The molecule has 0 aliphatic carbocycles. The van der Waals surface area contributed by atoms with Gasteiger partial charge in [-0.15, -0.1) is 0 Å². The van der Waals surface area contributed by atoms with Crippen molar-refractivity contribution in [1.82, 2.24) is 0 Å². The standard InChI is InChI=1S/C14H10BrCl2NO/c15-11-5-4-9(18)7-10(11)13(19)6-8-2-1-3-12(16)14(8)17/h1-5,7H,6,18H2. The molecule has 0 spiro atoms. The number of carbonyl (C=O) groups excluding carboxylic acids is 1. The lowest BCUT2D eigenvalue weighted by Crippen LogP contribution is -2.06. The molecule has 98 valence electrons. The van der Waals surface area contributed by atoms with Gasteiger partial charge in [0.25, 0.3) is 0 Å². The van der Waals surface area contributed by atoms with E-state index in [1.165, 1.54) is 0 Å². The van der Waals surface area contributed by atoms with Crippen LogP contribution in [0.1, 0.15) is 15.9 Å². The fraction of sp³-hybridized carbons (Fsp3) is 0.0714. The van der Waals surface area contributed by atoms with Crippen LogP contribution in [0.2, 0.25) is 10.0 Å². The summed E-state index contributed by atoms with van der Waals surface area (Å²) in [4.78, 5) is 12.3. The molecule has 0 fully saturated rings. The molecule has 0 amide bonds. The van der Waals surface area contributed by atoms with Crippen LogP contribution < -0.4 is 5.73 Å². The quantitative estimate of drug-likeness (QED) is 0.634. The molecule has 0 aliphatic heterocycles. The summed E-state index contributed by atoms with van der Waals surface area (Å²) in [6.45, 7) is 0. The van der Waals surface area contributed by atoms with Crippen LogP contribution >= 0.6 is 39.1 Å². The number of anilines is 1. The Labute approximate surface area is 129 Å². The predicted molar refractivity (Wildman–Crippen MR) is 83.1 cm³/mol. The molecular weight excluding hydrogens is 349 g/mol. The van der Waals surface area contributed by atoms with E-state index in [1.807, 2.05) is 0 Å². The molecule has 0 saturated carbocycles. The molecule has 2 N–H and O–H groups in total. The molecule has 19 heavy (non-hydrogen) atoms. The first-order chi connectivity index (χ1) is 8.99. The summed E-state index contributed by atoms with van der Waals surface area (Å²) < 4.78 is 0.713. The van der Waals surface area contributed by atoms with E-state index in [-0.39, 0.29) is 12.2 Å². The van der Waals surface area contributed by atoms with Gasteiger partial charge in [0.2, 0.25) is 0 Å². The monoisotopic (exact) mass is 357 g/mol. The molecule has 0 bridgehead atoms. The second kappa shape index (κ2) is 5.95. The summed E-state index contributed by atoms with van der Waals surface area (Å²) in [6, 6.07) is 10.4. The molecule has 2 nitrogen and oxygen atoms in total. The fourth-order valence-corrected chi connectivity index (χ4v) is 2.56. The highest BCUT2D eigenvalue weighted by molar-refractivity contribution is 9.10. The van der Waals surface area contributed by atoms with Crippen molar-refractivity contribution in [3.8, 4) is 0 Å². The Morgan fingerprint density at radius 1 is 1.21 bits per heavy atom. The maximum atomic E-state index is 12.3. The maximum absolute atomic E-state index is 12.3. The summed E-state index contributed by atoms with van der Waals surface area (Å²) in [7, 11) is 0. The molecule has 0 radical (unpaired) electrons. The lowest BCUT2D eigenvalue weighted by molar-refractivity contribution is 0.0992. The van der Waals surface area contributed by atoms with E-state index in [1.54, 1.807) is 36.4 Å². The van der Waals surface area contributed by atoms with Crippen LogP contribution in [0.4, 0.5) is 5.69 Å². The molecule has 0 aromatic heterocycles. The second-order valence-corrected chi connectivity index (χ2v) is 5.69. The van der Waals surface area contributed by atoms with Crippen LogP contribution in [0.15, 0.2) is 40.9 Å². The van der Waals surface area contributed by atoms with Gasteiger partial charge < -0.3 is 5.73 Å². The summed E-state index contributed by atoms with van der Waals surface area (Å²) in [5.74, 6) is -0.0664. The van der Waals surface area contributed by atoms with Gasteiger partial charge in [0.15, 0.2) is 5.78 Å². The minimum Gasteiger partial charge on any atom is -0.399 e. The van der Waals surface area contributed by atoms with E-state index in [9.17, 15) is 4.79 Å². The van der Waals surface area contributed by atoms with Gasteiger partial charge in [-0.25, -0.2) is 0 Å². The van der Waals surface area contributed by atoms with Crippen molar-refractivity contribution in [3.63, 3.8) is 0 Å². The first-order valence-electron chi connectivity index (χ1n) is 5.50. The third-order valence-electron chi connectivity index (χ3n) is 2.67. The predicted octanol–water partition coefficient (Wildman–Crippen LogP) is 4.76. The zero-order valence-electron chi connectivity index (χ0n) is 9.79. The van der Waals surface area contributed by atoms with Gasteiger partial charge in [0, 0.05) is 22.1 Å². The zero-order valence-corrected chi connectivity index (χ0v) is 12.9. The minimum atomic E-state index is -0.0664. The first-order valence-corrected chi connectivity index (χ1v) is 7.05. The number of carbonyl (C=O) groups is 1. The molecule has 2 aromatic carbocycles. The van der Waals surface area contributed by atoms with Crippen LogP contribution in [-0.2, 0) is 6.42 Å². The third kappa shape index (κ3) is 3.30. The SMILES string of the molecule is Nc1ccc(Br)c(C(=O)Cc2cccc(Cl)c2Cl)c1. The van der Waals surface area contributed by atoms with E-state index in [2.05, 4.69) is 15.9 Å². The van der Waals surface area contributed by atoms with Crippen molar-refractivity contribution in [2.24, 2.45) is 0 Å². The topological polar surface area (TPSA) is 43.1 Å². The number of hydrogen-bond acceptors (Lipinski definition) is 2. The Bertz CT molecular complexity index is 643. The van der Waals surface area contributed by atoms with Gasteiger partial charge in [0.05, 0.1) is 10.0 Å². The van der Waals surface area contributed by atoms with Crippen LogP contribution in [0.3, 0.4) is 0 Å². The number of nitrogen functional groups attached to an aromatic ring is 1. The zero-order chi connectivity index (χ0) is 14.0. The normalized spacial score (nSPS) is 10.5. The molecule has 5 heteroatoms. The summed E-state index contributed by atoms with van der Waals surface area (Å²) >= 11 is 15.3. The van der Waals surface area contributed by atoms with Gasteiger partial charge >= 0.3 is 0 Å². The Balaban J connectivity index is 2.31. The largest absolute Gasteiger partial charge is 0.399 e. The van der Waals surface area contributed by atoms with Crippen molar-refractivity contribution >= 4 is 50.6 Å². The first kappa shape index (κ1) is 14.4. The highest BCUT2D eigenvalue weighted by atomic mass is 79.9. The van der Waals surface area contributed by atoms with Crippen molar-refractivity contribution in [2.75, 3.05) is 5.73 Å². The molecule has 0 unspecified atom stereocenters. The number of ketones is 1. The summed E-state index contributed by atoms with van der Waals surface area (Å²) in [5.41, 5.74) is 7.48. The van der Waals surface area contributed by atoms with Gasteiger partial charge in [-0.1, -0.05) is 51.3 Å². The maximum Gasteiger partial charge on any atom is 0.168 e. The molecule has 0 atom stereocenters. The van der Waals surface area contributed by atoms with E-state index >= 15 is 0 Å². The third-order valence-corrected chi connectivity index (χ3v) is 4.22. The van der Waals surface area contributed by atoms with Crippen LogP contribution in [0.5, 0.6) is 0 Å². The second-order valence-electron chi connectivity index (χ2n) is 4.05. The Morgan fingerprint density at radius 2 is 1.95 bits per heavy atom. The number of Topliss-reactive ketones (excluding diaryl/α,β-unsaturated/α-hetero) is 1. The highest BCUT2D eigenvalue weighted by Gasteiger charge is 2.14. The highest BCUT2D eigenvalue weighted by Crippen LogP contribution is 2.28. The van der Waals surface area contributed by atoms with Crippen LogP contribution in [0, 0.1) is 0 Å². The molecule has 2 rings (SSSR count). The number of halogens is 3. The van der Waals surface area contributed by atoms with E-state index in [0.29, 0.717) is 31.3 Å². The molecular formula is C14H10BrCl2NO. The lowest BCUT2D eigenvalue weighted by Gasteiger charge is -2.07. The smallest absolute Gasteiger partial charge is 0.168 e. The average Bonchev–Trinajstić information content (AvgIpc) is 2.38. The van der Waals surface area contributed by atoms with Crippen LogP contribution in [-0.4, -0.2) is 5.78 Å². The van der Waals surface area contributed by atoms with Crippen LogP contribution in [0.25, 0.3) is 0 Å². The van der Waals surface area contributed by atoms with Crippen molar-refractivity contribution in [2.45, 2.75) is 6.42 Å². The van der Waals surface area contributed by atoms with Gasteiger partial charge in [-0.05, 0) is 29.8 Å². The van der Waals surface area contributed by atoms with Crippen molar-refractivity contribution in [1.29, 1.82) is 0 Å². The molecule has 0 aliphatic rings. The fourth-order valence-electron chi connectivity index (χ4n) is 1.71. The number of nitrogens with two attached hydrogens (primary N) is 1. The van der Waals surface area contributed by atoms with Crippen molar-refractivity contribution < 1.29 is 4.79 Å². The number of hydrogen-bond donors (Lipinski definition) is 1. The lowest BCUT2D eigenvalue weighted by atomic mass is 10.0. The molecule has 0 saturated heterocycles. The van der Waals surface area contributed by atoms with E-state index < -0.39 is 0 Å².